The Kier molecular flexibility index (Phi) is 5.88. The lowest BCUT2D eigenvalue weighted by Gasteiger charge is -2.16. The highest BCUT2D eigenvalue weighted by Gasteiger charge is 2.15. The van der Waals surface area contributed by atoms with Gasteiger partial charge in [-0.05, 0) is 57.4 Å². The Morgan fingerprint density at radius 2 is 1.22 bits per heavy atom. The number of nitrogens with one attached hydrogen (secondary N) is 1. The van der Waals surface area contributed by atoms with E-state index < -0.39 is 0 Å². The third-order valence-electron chi connectivity index (χ3n) is 4.68. The molecule has 3 aromatic rings. The minimum Gasteiger partial charge on any atom is -0.493 e. The Hall–Kier alpha value is -2.70. The largest absolute Gasteiger partial charge is 0.493 e. The first-order valence-corrected chi connectivity index (χ1v) is 8.81. The second-order valence-electron chi connectivity index (χ2n) is 6.18. The van der Waals surface area contributed by atoms with E-state index in [1.165, 1.54) is 0 Å². The minimum absolute atomic E-state index is 0.591. The first-order chi connectivity index (χ1) is 13.2. The van der Waals surface area contributed by atoms with E-state index in [2.05, 4.69) is 11.4 Å². The van der Waals surface area contributed by atoms with Crippen molar-refractivity contribution in [2.24, 2.45) is 5.73 Å². The summed E-state index contributed by atoms with van der Waals surface area (Å²) in [5, 5.41) is 7.66. The molecule has 0 aliphatic heterocycles. The quantitative estimate of drug-likeness (QED) is 0.469. The summed E-state index contributed by atoms with van der Waals surface area (Å²) >= 11 is 0. The Bertz CT molecular complexity index is 956. The molecule has 0 bridgehead atoms. The molecule has 0 saturated heterocycles. The van der Waals surface area contributed by atoms with Crippen molar-refractivity contribution in [2.75, 3.05) is 41.5 Å². The van der Waals surface area contributed by atoms with E-state index in [0.717, 1.165) is 33.7 Å². The van der Waals surface area contributed by atoms with Gasteiger partial charge in [0.15, 0.2) is 23.0 Å². The summed E-state index contributed by atoms with van der Waals surface area (Å²) in [5.41, 5.74) is 6.77. The third-order valence-corrected chi connectivity index (χ3v) is 4.68. The summed E-state index contributed by atoms with van der Waals surface area (Å²) in [5.74, 6) is 2.78. The van der Waals surface area contributed by atoms with Crippen molar-refractivity contribution in [3.63, 3.8) is 0 Å². The maximum absolute atomic E-state index is 5.62. The van der Waals surface area contributed by atoms with Gasteiger partial charge in [0.1, 0.15) is 0 Å². The van der Waals surface area contributed by atoms with Crippen LogP contribution in [0, 0.1) is 0 Å². The smallest absolute Gasteiger partial charge is 0.161 e. The van der Waals surface area contributed by atoms with Crippen LogP contribution in [0.25, 0.3) is 21.5 Å². The Balaban J connectivity index is 2.33. The van der Waals surface area contributed by atoms with Gasteiger partial charge in [-0.1, -0.05) is 0 Å². The molecule has 0 aliphatic carbocycles. The van der Waals surface area contributed by atoms with Crippen molar-refractivity contribution in [3.05, 3.63) is 35.9 Å². The lowest BCUT2D eigenvalue weighted by atomic mass is 9.96. The maximum atomic E-state index is 5.62. The van der Waals surface area contributed by atoms with Gasteiger partial charge in [0.2, 0.25) is 0 Å². The van der Waals surface area contributed by atoms with Gasteiger partial charge >= 0.3 is 0 Å². The van der Waals surface area contributed by atoms with Gasteiger partial charge in [-0.15, -0.1) is 0 Å². The lowest BCUT2D eigenvalue weighted by molar-refractivity contribution is 0.355. The zero-order valence-electron chi connectivity index (χ0n) is 16.2. The topological polar surface area (TPSA) is 75.0 Å². The van der Waals surface area contributed by atoms with Crippen molar-refractivity contribution in [2.45, 2.75) is 6.54 Å². The Labute approximate surface area is 159 Å². The fourth-order valence-corrected chi connectivity index (χ4v) is 3.35. The van der Waals surface area contributed by atoms with Crippen LogP contribution < -0.4 is 30.0 Å². The summed E-state index contributed by atoms with van der Waals surface area (Å²) in [7, 11) is 6.57. The van der Waals surface area contributed by atoms with E-state index in [1.807, 2.05) is 24.3 Å². The van der Waals surface area contributed by atoms with Gasteiger partial charge in [0.05, 0.1) is 28.4 Å². The molecule has 6 nitrogen and oxygen atoms in total. The van der Waals surface area contributed by atoms with Gasteiger partial charge in [0.25, 0.3) is 0 Å². The Morgan fingerprint density at radius 1 is 0.704 bits per heavy atom. The number of nitrogens with two attached hydrogens (primary N) is 1. The van der Waals surface area contributed by atoms with Crippen LogP contribution in [0.5, 0.6) is 23.0 Å². The fraction of sp³-hybridized carbons (Fsp3) is 0.333. The van der Waals surface area contributed by atoms with Crippen molar-refractivity contribution in [3.8, 4) is 23.0 Å². The number of methoxy groups -OCH3 is 4. The number of hydrogen-bond acceptors (Lipinski definition) is 6. The standard InChI is InChI=1S/C21H26N2O4/c1-24-18-8-13-7-14(12-23-6-5-22)16-10-20(26-3)21(27-4)11-17(16)15(13)9-19(18)25-2/h7-11,23H,5-6,12,22H2,1-4H3. The molecular weight excluding hydrogens is 344 g/mol. The molecule has 27 heavy (non-hydrogen) atoms. The molecule has 0 aromatic heterocycles. The molecular formula is C21H26N2O4. The van der Waals surface area contributed by atoms with Gasteiger partial charge in [-0.3, -0.25) is 0 Å². The number of fused-ring (bicyclic) bond motifs is 3. The molecule has 144 valence electrons. The van der Waals surface area contributed by atoms with Gasteiger partial charge in [0, 0.05) is 19.6 Å². The average Bonchev–Trinajstić information content (AvgIpc) is 2.71. The molecule has 0 amide bonds. The molecule has 6 heteroatoms. The molecule has 3 N–H and O–H groups in total. The van der Waals surface area contributed by atoms with E-state index in [1.54, 1.807) is 28.4 Å². The zero-order chi connectivity index (χ0) is 19.4. The zero-order valence-corrected chi connectivity index (χ0v) is 16.2. The molecule has 0 unspecified atom stereocenters. The molecule has 0 spiro atoms. The highest BCUT2D eigenvalue weighted by atomic mass is 16.5. The SMILES string of the molecule is COc1cc2cc(CNCCN)c3cc(OC)c(OC)cc3c2cc1OC. The molecule has 3 rings (SSSR count). The molecule has 0 atom stereocenters. The van der Waals surface area contributed by atoms with Gasteiger partial charge in [-0.2, -0.15) is 0 Å². The van der Waals surface area contributed by atoms with E-state index >= 15 is 0 Å². The first kappa shape index (κ1) is 19.1. The fourth-order valence-electron chi connectivity index (χ4n) is 3.35. The van der Waals surface area contributed by atoms with Crippen LogP contribution >= 0.6 is 0 Å². The summed E-state index contributed by atoms with van der Waals surface area (Å²) < 4.78 is 22.0. The third kappa shape index (κ3) is 3.59. The van der Waals surface area contributed by atoms with Crippen molar-refractivity contribution in [1.82, 2.24) is 5.32 Å². The summed E-state index contributed by atoms with van der Waals surface area (Å²) in [4.78, 5) is 0. The van der Waals surface area contributed by atoms with E-state index in [4.69, 9.17) is 24.7 Å². The van der Waals surface area contributed by atoms with Crippen molar-refractivity contribution >= 4 is 21.5 Å². The van der Waals surface area contributed by atoms with E-state index in [9.17, 15) is 0 Å². The highest BCUT2D eigenvalue weighted by Crippen LogP contribution is 2.41. The lowest BCUT2D eigenvalue weighted by Crippen LogP contribution is -2.22. The summed E-state index contributed by atoms with van der Waals surface area (Å²) in [6.45, 7) is 2.04. The van der Waals surface area contributed by atoms with Crippen LogP contribution in [0.4, 0.5) is 0 Å². The maximum Gasteiger partial charge on any atom is 0.161 e. The number of hydrogen-bond donors (Lipinski definition) is 2. The second kappa shape index (κ2) is 8.33. The van der Waals surface area contributed by atoms with Crippen LogP contribution in [0.15, 0.2) is 30.3 Å². The van der Waals surface area contributed by atoms with E-state index in [0.29, 0.717) is 36.1 Å². The number of ether oxygens (including phenoxy) is 4. The predicted octanol–water partition coefficient (Wildman–Crippen LogP) is 3.08. The molecule has 0 saturated carbocycles. The van der Waals surface area contributed by atoms with Crippen LogP contribution in [-0.4, -0.2) is 41.5 Å². The molecule has 0 fully saturated rings. The van der Waals surface area contributed by atoms with Crippen LogP contribution in [0.1, 0.15) is 5.56 Å². The molecule has 3 aromatic carbocycles. The number of rotatable bonds is 8. The van der Waals surface area contributed by atoms with E-state index in [-0.39, 0.29) is 0 Å². The van der Waals surface area contributed by atoms with Crippen molar-refractivity contribution < 1.29 is 18.9 Å². The average molecular weight is 370 g/mol. The van der Waals surface area contributed by atoms with Gasteiger partial charge < -0.3 is 30.0 Å². The molecule has 0 aliphatic rings. The second-order valence-corrected chi connectivity index (χ2v) is 6.18. The predicted molar refractivity (Wildman–Crippen MR) is 108 cm³/mol. The first-order valence-electron chi connectivity index (χ1n) is 8.81. The molecule has 0 heterocycles. The van der Waals surface area contributed by atoms with Gasteiger partial charge in [-0.25, -0.2) is 0 Å². The monoisotopic (exact) mass is 370 g/mol. The summed E-state index contributed by atoms with van der Waals surface area (Å²) in [6, 6.07) is 10.2. The minimum atomic E-state index is 0.591. The highest BCUT2D eigenvalue weighted by molar-refractivity contribution is 6.11. The molecule has 0 radical (unpaired) electrons. The van der Waals surface area contributed by atoms with Crippen LogP contribution in [0.3, 0.4) is 0 Å². The Morgan fingerprint density at radius 3 is 1.78 bits per heavy atom. The number of benzene rings is 3. The normalized spacial score (nSPS) is 11.0. The van der Waals surface area contributed by atoms with Crippen LogP contribution in [0.2, 0.25) is 0 Å². The summed E-state index contributed by atoms with van der Waals surface area (Å²) in [6.07, 6.45) is 0. The van der Waals surface area contributed by atoms with Crippen LogP contribution in [-0.2, 0) is 6.54 Å². The van der Waals surface area contributed by atoms with Crippen molar-refractivity contribution in [1.29, 1.82) is 0 Å².